The van der Waals surface area contributed by atoms with E-state index < -0.39 is 0 Å². The van der Waals surface area contributed by atoms with Gasteiger partial charge in [-0.2, -0.15) is 0 Å². The Morgan fingerprint density at radius 3 is 2.88 bits per heavy atom. The molecule has 3 heteroatoms. The van der Waals surface area contributed by atoms with Gasteiger partial charge in [0, 0.05) is 23.3 Å². The zero-order chi connectivity index (χ0) is 12.3. The summed E-state index contributed by atoms with van der Waals surface area (Å²) in [6.45, 7) is 4.28. The molecule has 0 bridgehead atoms. The van der Waals surface area contributed by atoms with Gasteiger partial charge < -0.3 is 10.6 Å². The van der Waals surface area contributed by atoms with E-state index in [0.717, 1.165) is 30.5 Å². The van der Waals surface area contributed by atoms with E-state index in [9.17, 15) is 4.79 Å². The van der Waals surface area contributed by atoms with Crippen molar-refractivity contribution in [3.8, 4) is 0 Å². The molecular weight excluding hydrogens is 212 g/mol. The average Bonchev–Trinajstić information content (AvgIpc) is 3.13. The van der Waals surface area contributed by atoms with Crippen molar-refractivity contribution in [2.75, 3.05) is 5.32 Å². The quantitative estimate of drug-likeness (QED) is 0.819. The molecule has 1 fully saturated rings. The SMILES string of the molecule is CCC(C)Nc1cccc(C(=O)NC2CC2)c1. The van der Waals surface area contributed by atoms with Crippen LogP contribution in [-0.4, -0.2) is 18.0 Å². The van der Waals surface area contributed by atoms with Crippen LogP contribution in [0.3, 0.4) is 0 Å². The van der Waals surface area contributed by atoms with Crippen LogP contribution in [0.5, 0.6) is 0 Å². The Hall–Kier alpha value is -1.51. The minimum Gasteiger partial charge on any atom is -0.383 e. The van der Waals surface area contributed by atoms with E-state index in [1.54, 1.807) is 0 Å². The second-order valence-electron chi connectivity index (χ2n) is 4.78. The first-order chi connectivity index (χ1) is 8.19. The fourth-order valence-electron chi connectivity index (χ4n) is 1.63. The number of amides is 1. The van der Waals surface area contributed by atoms with Crippen LogP contribution in [0.1, 0.15) is 43.5 Å². The molecule has 0 saturated heterocycles. The number of carbonyl (C=O) groups is 1. The summed E-state index contributed by atoms with van der Waals surface area (Å²) in [5.74, 6) is 0.0419. The summed E-state index contributed by atoms with van der Waals surface area (Å²) in [5, 5.41) is 6.37. The highest BCUT2D eigenvalue weighted by molar-refractivity contribution is 5.95. The molecule has 17 heavy (non-hydrogen) atoms. The van der Waals surface area contributed by atoms with Gasteiger partial charge in [0.15, 0.2) is 0 Å². The Balaban J connectivity index is 2.01. The highest BCUT2D eigenvalue weighted by Crippen LogP contribution is 2.20. The van der Waals surface area contributed by atoms with Crippen molar-refractivity contribution >= 4 is 11.6 Å². The van der Waals surface area contributed by atoms with Crippen molar-refractivity contribution in [2.45, 2.75) is 45.2 Å². The summed E-state index contributed by atoms with van der Waals surface area (Å²) in [6.07, 6.45) is 3.31. The van der Waals surface area contributed by atoms with Gasteiger partial charge >= 0.3 is 0 Å². The van der Waals surface area contributed by atoms with Gasteiger partial charge in [-0.3, -0.25) is 4.79 Å². The van der Waals surface area contributed by atoms with E-state index in [2.05, 4.69) is 24.5 Å². The Morgan fingerprint density at radius 1 is 1.47 bits per heavy atom. The summed E-state index contributed by atoms with van der Waals surface area (Å²) in [5.41, 5.74) is 1.76. The first-order valence-electron chi connectivity index (χ1n) is 6.36. The first-order valence-corrected chi connectivity index (χ1v) is 6.36. The van der Waals surface area contributed by atoms with Crippen molar-refractivity contribution in [3.63, 3.8) is 0 Å². The molecule has 1 aliphatic carbocycles. The molecule has 1 amide bonds. The standard InChI is InChI=1S/C14H20N2O/c1-3-10(2)15-13-6-4-5-11(9-13)14(17)16-12-7-8-12/h4-6,9-10,12,15H,3,7-8H2,1-2H3,(H,16,17). The van der Waals surface area contributed by atoms with Gasteiger partial charge in [-0.1, -0.05) is 13.0 Å². The molecule has 0 radical (unpaired) electrons. The topological polar surface area (TPSA) is 41.1 Å². The maximum atomic E-state index is 11.9. The van der Waals surface area contributed by atoms with Crippen molar-refractivity contribution in [3.05, 3.63) is 29.8 Å². The predicted molar refractivity (Wildman–Crippen MR) is 70.3 cm³/mol. The van der Waals surface area contributed by atoms with Crippen LogP contribution in [0.25, 0.3) is 0 Å². The fourth-order valence-corrected chi connectivity index (χ4v) is 1.63. The summed E-state index contributed by atoms with van der Waals surface area (Å²) in [4.78, 5) is 11.9. The lowest BCUT2D eigenvalue weighted by Crippen LogP contribution is -2.25. The minimum absolute atomic E-state index is 0.0419. The summed E-state index contributed by atoms with van der Waals surface area (Å²) < 4.78 is 0. The Bertz CT molecular complexity index is 399. The van der Waals surface area contributed by atoms with E-state index in [0.29, 0.717) is 12.1 Å². The third kappa shape index (κ3) is 3.48. The smallest absolute Gasteiger partial charge is 0.251 e. The molecule has 2 rings (SSSR count). The predicted octanol–water partition coefficient (Wildman–Crippen LogP) is 2.79. The van der Waals surface area contributed by atoms with Gasteiger partial charge in [-0.05, 0) is 44.4 Å². The summed E-state index contributed by atoms with van der Waals surface area (Å²) in [6, 6.07) is 8.54. The Kier molecular flexibility index (Phi) is 3.67. The molecule has 1 saturated carbocycles. The molecule has 92 valence electrons. The molecule has 1 unspecified atom stereocenters. The number of rotatable bonds is 5. The highest BCUT2D eigenvalue weighted by Gasteiger charge is 2.23. The monoisotopic (exact) mass is 232 g/mol. The van der Waals surface area contributed by atoms with Crippen molar-refractivity contribution in [2.24, 2.45) is 0 Å². The lowest BCUT2D eigenvalue weighted by atomic mass is 10.1. The molecule has 0 aliphatic heterocycles. The lowest BCUT2D eigenvalue weighted by molar-refractivity contribution is 0.0951. The summed E-state index contributed by atoms with van der Waals surface area (Å²) >= 11 is 0. The largest absolute Gasteiger partial charge is 0.383 e. The van der Waals surface area contributed by atoms with Crippen molar-refractivity contribution in [1.29, 1.82) is 0 Å². The first kappa shape index (κ1) is 12.0. The maximum absolute atomic E-state index is 11.9. The van der Waals surface area contributed by atoms with Crippen molar-refractivity contribution in [1.82, 2.24) is 5.32 Å². The molecule has 0 aromatic heterocycles. The number of hydrogen-bond acceptors (Lipinski definition) is 2. The van der Waals surface area contributed by atoms with Gasteiger partial charge in [0.05, 0.1) is 0 Å². The van der Waals surface area contributed by atoms with Crippen LogP contribution in [0.2, 0.25) is 0 Å². The zero-order valence-electron chi connectivity index (χ0n) is 10.5. The van der Waals surface area contributed by atoms with Gasteiger partial charge in [-0.25, -0.2) is 0 Å². The second kappa shape index (κ2) is 5.21. The van der Waals surface area contributed by atoms with Crippen LogP contribution in [-0.2, 0) is 0 Å². The normalized spacial score (nSPS) is 16.4. The van der Waals surface area contributed by atoms with Crippen LogP contribution < -0.4 is 10.6 Å². The van der Waals surface area contributed by atoms with Gasteiger partial charge in [-0.15, -0.1) is 0 Å². The van der Waals surface area contributed by atoms with Gasteiger partial charge in [0.1, 0.15) is 0 Å². The summed E-state index contributed by atoms with van der Waals surface area (Å²) in [7, 11) is 0. The molecule has 0 heterocycles. The Morgan fingerprint density at radius 2 is 2.24 bits per heavy atom. The second-order valence-corrected chi connectivity index (χ2v) is 4.78. The zero-order valence-corrected chi connectivity index (χ0v) is 10.5. The van der Waals surface area contributed by atoms with Crippen molar-refractivity contribution < 1.29 is 4.79 Å². The Labute approximate surface area is 103 Å². The lowest BCUT2D eigenvalue weighted by Gasteiger charge is -2.13. The molecule has 0 spiro atoms. The minimum atomic E-state index is 0.0419. The van der Waals surface area contributed by atoms with Gasteiger partial charge in [0.2, 0.25) is 0 Å². The molecular formula is C14H20N2O. The number of nitrogens with one attached hydrogen (secondary N) is 2. The van der Waals surface area contributed by atoms with E-state index >= 15 is 0 Å². The number of benzene rings is 1. The average molecular weight is 232 g/mol. The molecule has 1 aliphatic rings. The van der Waals surface area contributed by atoms with E-state index in [1.807, 2.05) is 24.3 Å². The fraction of sp³-hybridized carbons (Fsp3) is 0.500. The third-order valence-corrected chi connectivity index (χ3v) is 3.06. The number of anilines is 1. The van der Waals surface area contributed by atoms with Crippen LogP contribution >= 0.6 is 0 Å². The van der Waals surface area contributed by atoms with Crippen LogP contribution in [0.4, 0.5) is 5.69 Å². The maximum Gasteiger partial charge on any atom is 0.251 e. The van der Waals surface area contributed by atoms with Crippen LogP contribution in [0.15, 0.2) is 24.3 Å². The van der Waals surface area contributed by atoms with E-state index in [1.165, 1.54) is 0 Å². The highest BCUT2D eigenvalue weighted by atomic mass is 16.1. The van der Waals surface area contributed by atoms with E-state index in [-0.39, 0.29) is 5.91 Å². The molecule has 1 aromatic carbocycles. The van der Waals surface area contributed by atoms with Gasteiger partial charge in [0.25, 0.3) is 5.91 Å². The molecule has 1 aromatic rings. The molecule has 1 atom stereocenters. The molecule has 2 N–H and O–H groups in total. The third-order valence-electron chi connectivity index (χ3n) is 3.06. The van der Waals surface area contributed by atoms with E-state index in [4.69, 9.17) is 0 Å². The van der Waals surface area contributed by atoms with Crippen LogP contribution in [0, 0.1) is 0 Å². The molecule has 3 nitrogen and oxygen atoms in total. The number of hydrogen-bond donors (Lipinski definition) is 2. The number of carbonyl (C=O) groups excluding carboxylic acids is 1.